The third kappa shape index (κ3) is 5.32. The average Bonchev–Trinajstić information content (AvgIpc) is 3.51. The Hall–Kier alpha value is -3.56. The number of hydrogen-bond donors (Lipinski definition) is 1. The Labute approximate surface area is 205 Å². The molecule has 1 N–H and O–H groups in total. The van der Waals surface area contributed by atoms with Gasteiger partial charge in [-0.3, -0.25) is 9.59 Å². The molecule has 2 heterocycles. The van der Waals surface area contributed by atoms with Gasteiger partial charge in [0.15, 0.2) is 11.0 Å². The summed E-state index contributed by atoms with van der Waals surface area (Å²) in [6.45, 7) is 0.260. The van der Waals surface area contributed by atoms with Crippen LogP contribution in [0.5, 0.6) is 0 Å². The molecular formula is C24H22ClN5O3S. The molecule has 0 atom stereocenters. The van der Waals surface area contributed by atoms with Crippen LogP contribution in [-0.4, -0.2) is 39.4 Å². The van der Waals surface area contributed by atoms with Crippen molar-refractivity contribution in [1.82, 2.24) is 20.1 Å². The summed E-state index contributed by atoms with van der Waals surface area (Å²) in [5.41, 5.74) is 1.80. The summed E-state index contributed by atoms with van der Waals surface area (Å²) in [5.74, 6) is 0.991. The van der Waals surface area contributed by atoms with Crippen molar-refractivity contribution in [2.45, 2.75) is 11.7 Å². The Morgan fingerprint density at radius 3 is 2.59 bits per heavy atom. The predicted molar refractivity (Wildman–Crippen MR) is 132 cm³/mol. The molecule has 0 aliphatic heterocycles. The number of carbonyl (C=O) groups is 2. The first-order valence-electron chi connectivity index (χ1n) is 10.4. The van der Waals surface area contributed by atoms with Crippen LogP contribution in [0.3, 0.4) is 0 Å². The highest BCUT2D eigenvalue weighted by molar-refractivity contribution is 7.99. The number of aromatic nitrogens is 3. The van der Waals surface area contributed by atoms with Crippen molar-refractivity contribution >= 4 is 40.9 Å². The Balaban J connectivity index is 1.42. The van der Waals surface area contributed by atoms with Crippen molar-refractivity contribution in [1.29, 1.82) is 0 Å². The van der Waals surface area contributed by atoms with Gasteiger partial charge in [0.1, 0.15) is 5.76 Å². The van der Waals surface area contributed by atoms with Crippen molar-refractivity contribution in [2.24, 2.45) is 7.05 Å². The van der Waals surface area contributed by atoms with Crippen LogP contribution in [0.1, 0.15) is 16.1 Å². The van der Waals surface area contributed by atoms with E-state index in [4.69, 9.17) is 16.0 Å². The summed E-state index contributed by atoms with van der Waals surface area (Å²) < 4.78 is 7.08. The van der Waals surface area contributed by atoms with E-state index in [9.17, 15) is 9.59 Å². The maximum Gasteiger partial charge on any atom is 0.253 e. The maximum atomic E-state index is 12.9. The van der Waals surface area contributed by atoms with Gasteiger partial charge in [-0.2, -0.15) is 0 Å². The number of thioether (sulfide) groups is 1. The van der Waals surface area contributed by atoms with Crippen LogP contribution in [0.15, 0.2) is 76.5 Å². The molecule has 0 fully saturated rings. The number of furan rings is 1. The Kier molecular flexibility index (Phi) is 7.34. The zero-order valence-electron chi connectivity index (χ0n) is 18.6. The summed E-state index contributed by atoms with van der Waals surface area (Å²) in [7, 11) is 3.50. The van der Waals surface area contributed by atoms with Gasteiger partial charge in [-0.25, -0.2) is 0 Å². The topological polar surface area (TPSA) is 93.3 Å². The molecule has 0 aliphatic carbocycles. The van der Waals surface area contributed by atoms with Crippen molar-refractivity contribution in [3.63, 3.8) is 0 Å². The molecule has 0 saturated heterocycles. The number of halogens is 1. The van der Waals surface area contributed by atoms with Crippen LogP contribution in [0.25, 0.3) is 11.4 Å². The number of nitrogens with one attached hydrogen (secondary N) is 1. The smallest absolute Gasteiger partial charge is 0.253 e. The lowest BCUT2D eigenvalue weighted by Gasteiger charge is -2.20. The van der Waals surface area contributed by atoms with Gasteiger partial charge in [0.25, 0.3) is 5.91 Å². The number of para-hydroxylation sites is 1. The summed E-state index contributed by atoms with van der Waals surface area (Å²) in [6, 6.07) is 17.8. The minimum absolute atomic E-state index is 0.130. The Morgan fingerprint density at radius 1 is 1.09 bits per heavy atom. The largest absolute Gasteiger partial charge is 0.467 e. The van der Waals surface area contributed by atoms with Crippen LogP contribution in [0, 0.1) is 0 Å². The van der Waals surface area contributed by atoms with Gasteiger partial charge in [0.05, 0.1) is 29.8 Å². The number of amides is 2. The maximum absolute atomic E-state index is 12.9. The van der Waals surface area contributed by atoms with E-state index in [1.54, 1.807) is 61.8 Å². The molecule has 8 nitrogen and oxygen atoms in total. The highest BCUT2D eigenvalue weighted by atomic mass is 35.5. The molecule has 2 aromatic carbocycles. The lowest BCUT2D eigenvalue weighted by atomic mass is 10.1. The molecule has 10 heteroatoms. The number of carbonyl (C=O) groups excluding carboxylic acids is 2. The van der Waals surface area contributed by atoms with E-state index in [-0.39, 0.29) is 24.1 Å². The van der Waals surface area contributed by atoms with Gasteiger partial charge in [-0.05, 0) is 48.5 Å². The van der Waals surface area contributed by atoms with E-state index < -0.39 is 0 Å². The summed E-state index contributed by atoms with van der Waals surface area (Å²) in [4.78, 5) is 27.2. The third-order valence-electron chi connectivity index (χ3n) is 5.15. The van der Waals surface area contributed by atoms with Gasteiger partial charge in [-0.15, -0.1) is 10.2 Å². The van der Waals surface area contributed by atoms with Gasteiger partial charge in [0, 0.05) is 24.7 Å². The molecule has 4 rings (SSSR count). The van der Waals surface area contributed by atoms with E-state index in [1.165, 1.54) is 16.7 Å². The molecule has 0 aliphatic rings. The molecule has 34 heavy (non-hydrogen) atoms. The zero-order chi connectivity index (χ0) is 24.1. The number of nitrogens with zero attached hydrogens (tertiary/aromatic N) is 4. The van der Waals surface area contributed by atoms with Gasteiger partial charge < -0.3 is 19.2 Å². The van der Waals surface area contributed by atoms with E-state index >= 15 is 0 Å². The second-order valence-corrected chi connectivity index (χ2v) is 8.77. The second kappa shape index (κ2) is 10.6. The lowest BCUT2D eigenvalue weighted by Crippen LogP contribution is -2.31. The first kappa shape index (κ1) is 23.6. The van der Waals surface area contributed by atoms with Crippen molar-refractivity contribution in [2.75, 3.05) is 17.7 Å². The highest BCUT2D eigenvalue weighted by Crippen LogP contribution is 2.25. The molecule has 2 amide bonds. The molecule has 2 aromatic heterocycles. The van der Waals surface area contributed by atoms with Crippen LogP contribution >= 0.6 is 23.4 Å². The first-order valence-corrected chi connectivity index (χ1v) is 11.7. The predicted octanol–water partition coefficient (Wildman–Crippen LogP) is 4.41. The molecule has 0 bridgehead atoms. The normalized spacial score (nSPS) is 10.8. The highest BCUT2D eigenvalue weighted by Gasteiger charge is 2.20. The van der Waals surface area contributed by atoms with Crippen molar-refractivity contribution in [3.05, 3.63) is 83.3 Å². The van der Waals surface area contributed by atoms with Crippen LogP contribution in [0.2, 0.25) is 5.02 Å². The van der Waals surface area contributed by atoms with Gasteiger partial charge in [0.2, 0.25) is 5.91 Å². The van der Waals surface area contributed by atoms with Crippen LogP contribution in [0.4, 0.5) is 5.69 Å². The van der Waals surface area contributed by atoms with Crippen LogP contribution in [-0.2, 0) is 18.4 Å². The van der Waals surface area contributed by atoms with Crippen molar-refractivity contribution < 1.29 is 14.0 Å². The lowest BCUT2D eigenvalue weighted by molar-refractivity contribution is -0.115. The summed E-state index contributed by atoms with van der Waals surface area (Å²) >= 11 is 7.24. The SMILES string of the molecule is CN(C(=O)CSc1nnc(-c2ccc(Cl)cc2)n1C)c1ccccc1C(=O)NCc1ccco1. The first-order chi connectivity index (χ1) is 16.4. The number of benzene rings is 2. The van der Waals surface area contributed by atoms with E-state index in [2.05, 4.69) is 15.5 Å². The van der Waals surface area contributed by atoms with E-state index in [0.717, 1.165) is 5.56 Å². The molecule has 0 unspecified atom stereocenters. The molecule has 4 aromatic rings. The molecule has 0 spiro atoms. The molecule has 0 saturated carbocycles. The molecule has 0 radical (unpaired) electrons. The van der Waals surface area contributed by atoms with E-state index in [0.29, 0.717) is 33.0 Å². The number of hydrogen-bond acceptors (Lipinski definition) is 6. The zero-order valence-corrected chi connectivity index (χ0v) is 20.1. The van der Waals surface area contributed by atoms with E-state index in [1.807, 2.05) is 23.7 Å². The number of rotatable bonds is 8. The Bertz CT molecular complexity index is 1290. The minimum atomic E-state index is -0.291. The van der Waals surface area contributed by atoms with Gasteiger partial charge in [-0.1, -0.05) is 35.5 Å². The molecule has 174 valence electrons. The van der Waals surface area contributed by atoms with Crippen LogP contribution < -0.4 is 10.2 Å². The fourth-order valence-electron chi connectivity index (χ4n) is 3.28. The fraction of sp³-hybridized carbons (Fsp3) is 0.167. The summed E-state index contributed by atoms with van der Waals surface area (Å²) in [5, 5.41) is 12.5. The third-order valence-corrected chi connectivity index (χ3v) is 6.41. The molecular weight excluding hydrogens is 474 g/mol. The monoisotopic (exact) mass is 495 g/mol. The Morgan fingerprint density at radius 2 is 1.85 bits per heavy atom. The van der Waals surface area contributed by atoms with Gasteiger partial charge >= 0.3 is 0 Å². The van der Waals surface area contributed by atoms with Crippen molar-refractivity contribution in [3.8, 4) is 11.4 Å². The minimum Gasteiger partial charge on any atom is -0.467 e. The number of anilines is 1. The average molecular weight is 496 g/mol. The fourth-order valence-corrected chi connectivity index (χ4v) is 4.23. The quantitative estimate of drug-likeness (QED) is 0.364. The standard InChI is InChI=1S/C24H22ClN5O3S/c1-29(20-8-4-3-7-19(20)23(32)26-14-18-6-5-13-33-18)21(31)15-34-24-28-27-22(30(24)2)16-9-11-17(25)12-10-16/h3-13H,14-15H2,1-2H3,(H,26,32). The second-order valence-electron chi connectivity index (χ2n) is 7.39. The summed E-state index contributed by atoms with van der Waals surface area (Å²) in [6.07, 6.45) is 1.55.